The third-order valence-electron chi connectivity index (χ3n) is 1.74. The fourth-order valence-corrected chi connectivity index (χ4v) is 1.07. The zero-order valence-corrected chi connectivity index (χ0v) is 7.71. The number of carbonyl (C=O) groups is 1. The van der Waals surface area contributed by atoms with Crippen LogP contribution in [-0.2, 0) is 6.18 Å². The maximum absolute atomic E-state index is 12.4. The highest BCUT2D eigenvalue weighted by molar-refractivity contribution is 5.88. The Balaban J connectivity index is 3.27. The number of ether oxygens (including phenoxy) is 1. The standard InChI is InChI=1S/C9H6F4O3/c10-4-16-7-2-1-5(8(14)15)3-6(7)9(11,12)13/h1-3H,4H2,(H,14,15). The molecule has 0 saturated heterocycles. The Hall–Kier alpha value is -1.79. The molecular formula is C9H6F4O3. The minimum atomic E-state index is -4.80. The second-order valence-corrected chi connectivity index (χ2v) is 2.77. The normalized spacial score (nSPS) is 11.2. The van der Waals surface area contributed by atoms with E-state index in [9.17, 15) is 22.4 Å². The molecule has 3 nitrogen and oxygen atoms in total. The molecule has 0 aliphatic heterocycles. The Kier molecular flexibility index (Phi) is 3.36. The van der Waals surface area contributed by atoms with E-state index in [1.54, 1.807) is 0 Å². The van der Waals surface area contributed by atoms with Gasteiger partial charge >= 0.3 is 12.1 Å². The zero-order valence-electron chi connectivity index (χ0n) is 7.71. The first-order valence-electron chi connectivity index (χ1n) is 3.99. The predicted octanol–water partition coefficient (Wildman–Crippen LogP) is 2.71. The SMILES string of the molecule is O=C(O)c1ccc(OCF)c(C(F)(F)F)c1. The van der Waals surface area contributed by atoms with Crippen molar-refractivity contribution in [3.05, 3.63) is 29.3 Å². The molecular weight excluding hydrogens is 232 g/mol. The van der Waals surface area contributed by atoms with Crippen molar-refractivity contribution in [3.8, 4) is 5.75 Å². The topological polar surface area (TPSA) is 46.5 Å². The first-order valence-corrected chi connectivity index (χ1v) is 3.99. The summed E-state index contributed by atoms with van der Waals surface area (Å²) in [4.78, 5) is 10.5. The minimum Gasteiger partial charge on any atom is -0.478 e. The van der Waals surface area contributed by atoms with Gasteiger partial charge in [0.1, 0.15) is 5.75 Å². The predicted molar refractivity (Wildman–Crippen MR) is 45.0 cm³/mol. The molecule has 0 fully saturated rings. The summed E-state index contributed by atoms with van der Waals surface area (Å²) in [5, 5.41) is 8.51. The lowest BCUT2D eigenvalue weighted by Gasteiger charge is -2.12. The Morgan fingerprint density at radius 3 is 2.44 bits per heavy atom. The first-order chi connectivity index (χ1) is 7.36. The van der Waals surface area contributed by atoms with Gasteiger partial charge in [-0.1, -0.05) is 0 Å². The van der Waals surface area contributed by atoms with Crippen molar-refractivity contribution in [2.75, 3.05) is 6.86 Å². The minimum absolute atomic E-state index is 0.396. The Morgan fingerprint density at radius 2 is 2.00 bits per heavy atom. The van der Waals surface area contributed by atoms with Crippen molar-refractivity contribution < 1.29 is 32.2 Å². The maximum Gasteiger partial charge on any atom is 0.419 e. The van der Waals surface area contributed by atoms with Crippen LogP contribution in [0, 0.1) is 0 Å². The molecule has 1 N–H and O–H groups in total. The third kappa shape index (κ3) is 2.62. The summed E-state index contributed by atoms with van der Waals surface area (Å²) in [5.74, 6) is -2.24. The zero-order chi connectivity index (χ0) is 12.3. The van der Waals surface area contributed by atoms with Crippen molar-refractivity contribution in [2.45, 2.75) is 6.18 Å². The number of carboxylic acid groups (broad SMARTS) is 1. The van der Waals surface area contributed by atoms with E-state index in [1.807, 2.05) is 0 Å². The molecule has 0 saturated carbocycles. The number of benzene rings is 1. The van der Waals surface area contributed by atoms with E-state index in [1.165, 1.54) is 0 Å². The third-order valence-corrected chi connectivity index (χ3v) is 1.74. The van der Waals surface area contributed by atoms with Gasteiger partial charge in [0.05, 0.1) is 11.1 Å². The smallest absolute Gasteiger partial charge is 0.419 e. The van der Waals surface area contributed by atoms with E-state index in [4.69, 9.17) is 5.11 Å². The largest absolute Gasteiger partial charge is 0.478 e. The summed E-state index contributed by atoms with van der Waals surface area (Å²) in [6, 6.07) is 2.07. The molecule has 0 aliphatic carbocycles. The summed E-state index contributed by atoms with van der Waals surface area (Å²) in [6.07, 6.45) is -4.80. The van der Waals surface area contributed by atoms with Gasteiger partial charge in [-0.3, -0.25) is 0 Å². The molecule has 0 radical (unpaired) electrons. The molecule has 88 valence electrons. The molecule has 0 heterocycles. The van der Waals surface area contributed by atoms with Gasteiger partial charge < -0.3 is 9.84 Å². The average Bonchev–Trinajstić information content (AvgIpc) is 2.16. The van der Waals surface area contributed by atoms with Gasteiger partial charge in [0.15, 0.2) is 0 Å². The second kappa shape index (κ2) is 4.38. The molecule has 0 amide bonds. The lowest BCUT2D eigenvalue weighted by Crippen LogP contribution is -2.10. The van der Waals surface area contributed by atoms with Crippen molar-refractivity contribution in [2.24, 2.45) is 0 Å². The van der Waals surface area contributed by atoms with Crippen LogP contribution >= 0.6 is 0 Å². The van der Waals surface area contributed by atoms with Crippen LogP contribution in [0.1, 0.15) is 15.9 Å². The number of halogens is 4. The highest BCUT2D eigenvalue weighted by Gasteiger charge is 2.35. The molecule has 1 aromatic carbocycles. The fourth-order valence-electron chi connectivity index (χ4n) is 1.07. The molecule has 0 aliphatic rings. The number of alkyl halides is 4. The van der Waals surface area contributed by atoms with E-state index in [0.29, 0.717) is 6.07 Å². The Labute approximate surface area is 87.3 Å². The number of hydrogen-bond donors (Lipinski definition) is 1. The van der Waals surface area contributed by atoms with E-state index in [2.05, 4.69) is 4.74 Å². The summed E-state index contributed by atoms with van der Waals surface area (Å²) in [6.45, 7) is -1.42. The molecule has 0 bridgehead atoms. The lowest BCUT2D eigenvalue weighted by molar-refractivity contribution is -0.139. The van der Waals surface area contributed by atoms with Crippen molar-refractivity contribution in [3.63, 3.8) is 0 Å². The molecule has 7 heteroatoms. The number of hydrogen-bond acceptors (Lipinski definition) is 2. The van der Waals surface area contributed by atoms with Crippen LogP contribution in [0.15, 0.2) is 18.2 Å². The number of rotatable bonds is 3. The quantitative estimate of drug-likeness (QED) is 0.823. The van der Waals surface area contributed by atoms with Gasteiger partial charge in [-0.15, -0.1) is 0 Å². The second-order valence-electron chi connectivity index (χ2n) is 2.77. The van der Waals surface area contributed by atoms with Crippen LogP contribution < -0.4 is 4.74 Å². The van der Waals surface area contributed by atoms with Crippen LogP contribution in [0.4, 0.5) is 17.6 Å². The maximum atomic E-state index is 12.4. The first kappa shape index (κ1) is 12.3. The van der Waals surface area contributed by atoms with Crippen LogP contribution in [0.3, 0.4) is 0 Å². The highest BCUT2D eigenvalue weighted by atomic mass is 19.4. The van der Waals surface area contributed by atoms with E-state index < -0.39 is 35.9 Å². The van der Waals surface area contributed by atoms with Crippen LogP contribution in [0.5, 0.6) is 5.75 Å². The Bertz CT molecular complexity index is 400. The van der Waals surface area contributed by atoms with Crippen LogP contribution in [-0.4, -0.2) is 17.9 Å². The average molecular weight is 238 g/mol. The molecule has 0 atom stereocenters. The van der Waals surface area contributed by atoms with Gasteiger partial charge in [0.25, 0.3) is 0 Å². The van der Waals surface area contributed by atoms with Crippen LogP contribution in [0.2, 0.25) is 0 Å². The summed E-state index contributed by atoms with van der Waals surface area (Å²) in [5.41, 5.74) is -1.86. The van der Waals surface area contributed by atoms with Crippen molar-refractivity contribution in [1.29, 1.82) is 0 Å². The molecule has 16 heavy (non-hydrogen) atoms. The van der Waals surface area contributed by atoms with Crippen molar-refractivity contribution in [1.82, 2.24) is 0 Å². The van der Waals surface area contributed by atoms with E-state index in [0.717, 1.165) is 12.1 Å². The molecule has 1 aromatic rings. The summed E-state index contributed by atoms with van der Waals surface area (Å²) in [7, 11) is 0. The number of carboxylic acids is 1. The van der Waals surface area contributed by atoms with Gasteiger partial charge in [-0.2, -0.15) is 13.2 Å². The summed E-state index contributed by atoms with van der Waals surface area (Å²) >= 11 is 0. The van der Waals surface area contributed by atoms with Gasteiger partial charge in [0.2, 0.25) is 6.86 Å². The van der Waals surface area contributed by atoms with Crippen LogP contribution in [0.25, 0.3) is 0 Å². The Morgan fingerprint density at radius 1 is 1.38 bits per heavy atom. The van der Waals surface area contributed by atoms with Gasteiger partial charge in [-0.25, -0.2) is 9.18 Å². The number of aromatic carboxylic acids is 1. The van der Waals surface area contributed by atoms with E-state index >= 15 is 0 Å². The molecule has 1 rings (SSSR count). The molecule has 0 unspecified atom stereocenters. The molecule has 0 spiro atoms. The summed E-state index contributed by atoms with van der Waals surface area (Å²) < 4.78 is 53.2. The molecule has 0 aromatic heterocycles. The fraction of sp³-hybridized carbons (Fsp3) is 0.222. The highest BCUT2D eigenvalue weighted by Crippen LogP contribution is 2.36. The monoisotopic (exact) mass is 238 g/mol. The van der Waals surface area contributed by atoms with Gasteiger partial charge in [0, 0.05) is 0 Å². The lowest BCUT2D eigenvalue weighted by atomic mass is 10.1. The van der Waals surface area contributed by atoms with Crippen molar-refractivity contribution >= 4 is 5.97 Å². The van der Waals surface area contributed by atoms with E-state index in [-0.39, 0.29) is 0 Å². The van der Waals surface area contributed by atoms with Gasteiger partial charge in [-0.05, 0) is 18.2 Å².